The van der Waals surface area contributed by atoms with Crippen LogP contribution < -0.4 is 5.32 Å². The summed E-state index contributed by atoms with van der Waals surface area (Å²) in [6, 6.07) is 17.1. The Morgan fingerprint density at radius 1 is 0.923 bits per heavy atom. The average molecular weight is 542 g/mol. The topological polar surface area (TPSA) is 90.9 Å². The number of ether oxygens (including phenoxy) is 3. The third kappa shape index (κ3) is 5.89. The predicted molar refractivity (Wildman–Crippen MR) is 133 cm³/mol. The summed E-state index contributed by atoms with van der Waals surface area (Å²) in [4.78, 5) is 39.8. The first kappa shape index (κ1) is 27.7. The van der Waals surface area contributed by atoms with Crippen LogP contribution >= 0.6 is 0 Å². The number of nitrogens with one attached hydrogen (secondary N) is 1. The molecule has 1 heterocycles. The van der Waals surface area contributed by atoms with Gasteiger partial charge in [-0.25, -0.2) is 14.4 Å². The number of carbonyl (C=O) groups is 3. The van der Waals surface area contributed by atoms with Crippen LogP contribution in [0, 0.1) is 0 Å². The third-order valence-electron chi connectivity index (χ3n) is 5.96. The van der Waals surface area contributed by atoms with Gasteiger partial charge in [0.25, 0.3) is 5.60 Å². The zero-order valence-corrected chi connectivity index (χ0v) is 21.4. The van der Waals surface area contributed by atoms with Gasteiger partial charge in [0, 0.05) is 5.56 Å². The molecule has 1 aliphatic rings. The van der Waals surface area contributed by atoms with Gasteiger partial charge in [-0.1, -0.05) is 60.7 Å². The molecule has 10 heteroatoms. The van der Waals surface area contributed by atoms with Gasteiger partial charge in [0.2, 0.25) is 0 Å². The molecule has 1 aliphatic heterocycles. The fourth-order valence-electron chi connectivity index (χ4n) is 4.25. The highest BCUT2D eigenvalue weighted by molar-refractivity contribution is 6.01. The largest absolute Gasteiger partial charge is 0.457 e. The first-order chi connectivity index (χ1) is 18.3. The van der Waals surface area contributed by atoms with E-state index in [1.165, 1.54) is 12.1 Å². The number of carbonyl (C=O) groups excluding carboxylic acids is 3. The highest BCUT2D eigenvalue weighted by Crippen LogP contribution is 2.47. The number of cyclic esters (lactones) is 1. The van der Waals surface area contributed by atoms with Gasteiger partial charge in [0.05, 0.1) is 11.1 Å². The number of esters is 2. The van der Waals surface area contributed by atoms with Crippen LogP contribution in [0.4, 0.5) is 18.0 Å². The number of fused-ring (bicyclic) bond motifs is 1. The van der Waals surface area contributed by atoms with E-state index in [1.807, 2.05) is 0 Å². The van der Waals surface area contributed by atoms with Crippen molar-refractivity contribution in [2.45, 2.75) is 50.8 Å². The second kappa shape index (κ2) is 10.4. The molecule has 7 nitrogen and oxygen atoms in total. The molecule has 3 aromatic carbocycles. The van der Waals surface area contributed by atoms with Crippen molar-refractivity contribution in [2.24, 2.45) is 0 Å². The van der Waals surface area contributed by atoms with Gasteiger partial charge in [-0.2, -0.15) is 13.2 Å². The Kier molecular flexibility index (Phi) is 7.41. The summed E-state index contributed by atoms with van der Waals surface area (Å²) in [6.45, 7) is 4.70. The number of alkyl halides is 3. The number of alkyl carbamates (subject to hydrolysis) is 1. The summed E-state index contributed by atoms with van der Waals surface area (Å²) in [5, 5.41) is 2.55. The van der Waals surface area contributed by atoms with Crippen molar-refractivity contribution in [2.75, 3.05) is 0 Å². The van der Waals surface area contributed by atoms with Gasteiger partial charge in [-0.05, 0) is 50.1 Å². The second-order valence-corrected chi connectivity index (χ2v) is 9.93. The van der Waals surface area contributed by atoms with Gasteiger partial charge < -0.3 is 19.5 Å². The van der Waals surface area contributed by atoms with Crippen LogP contribution in [0.3, 0.4) is 0 Å². The van der Waals surface area contributed by atoms with Gasteiger partial charge in [0.1, 0.15) is 18.2 Å². The maximum atomic E-state index is 13.8. The monoisotopic (exact) mass is 541 g/mol. The van der Waals surface area contributed by atoms with Crippen LogP contribution in [-0.4, -0.2) is 23.6 Å². The first-order valence-corrected chi connectivity index (χ1v) is 12.0. The first-order valence-electron chi connectivity index (χ1n) is 12.0. The Hall–Kier alpha value is -4.34. The van der Waals surface area contributed by atoms with Crippen molar-refractivity contribution in [1.82, 2.24) is 5.32 Å². The van der Waals surface area contributed by atoms with Crippen LogP contribution in [0.1, 0.15) is 59.4 Å². The molecule has 0 fully saturated rings. The molecule has 0 spiro atoms. The van der Waals surface area contributed by atoms with Crippen LogP contribution in [0.2, 0.25) is 0 Å². The zero-order chi connectivity index (χ0) is 28.4. The van der Waals surface area contributed by atoms with Crippen molar-refractivity contribution >= 4 is 18.0 Å². The molecule has 2 atom stereocenters. The molecule has 0 bridgehead atoms. The standard InChI is InChI=1S/C29H26F3NO6/c1-27(2,3)39-25(35)28(22-12-8-7-11-21(22)24(34)38-28)23(19-13-15-20(16-14-19)29(30,31)32)33-26(36)37-17-18-9-5-4-6-10-18/h4-16,23H,17H2,1-3H3,(H,33,36). The van der Waals surface area contributed by atoms with Crippen LogP contribution in [0.25, 0.3) is 0 Å². The maximum Gasteiger partial charge on any atom is 0.416 e. The smallest absolute Gasteiger partial charge is 0.416 e. The van der Waals surface area contributed by atoms with Crippen LogP contribution in [0.15, 0.2) is 78.9 Å². The van der Waals surface area contributed by atoms with Gasteiger partial charge in [0.15, 0.2) is 0 Å². The van der Waals surface area contributed by atoms with Crippen molar-refractivity contribution < 1.29 is 41.8 Å². The van der Waals surface area contributed by atoms with E-state index >= 15 is 0 Å². The lowest BCUT2D eigenvalue weighted by Crippen LogP contribution is -2.52. The van der Waals surface area contributed by atoms with E-state index in [-0.39, 0.29) is 23.3 Å². The minimum atomic E-state index is -4.62. The number of hydrogen-bond donors (Lipinski definition) is 1. The Bertz CT molecular complexity index is 1370. The predicted octanol–water partition coefficient (Wildman–Crippen LogP) is 6.08. The molecule has 0 aromatic heterocycles. The molecule has 4 rings (SSSR count). The fourth-order valence-corrected chi connectivity index (χ4v) is 4.25. The molecule has 204 valence electrons. The lowest BCUT2D eigenvalue weighted by Gasteiger charge is -2.37. The maximum absolute atomic E-state index is 13.8. The van der Waals surface area contributed by atoms with Crippen molar-refractivity contribution in [3.05, 3.63) is 107 Å². The number of rotatable bonds is 6. The van der Waals surface area contributed by atoms with Gasteiger partial charge in [-0.3, -0.25) is 0 Å². The van der Waals surface area contributed by atoms with E-state index in [0.29, 0.717) is 5.56 Å². The molecule has 1 amide bonds. The van der Waals surface area contributed by atoms with E-state index < -0.39 is 47.0 Å². The quantitative estimate of drug-likeness (QED) is 0.301. The van der Waals surface area contributed by atoms with E-state index in [9.17, 15) is 27.6 Å². The van der Waals surface area contributed by atoms with Crippen LogP contribution in [-0.2, 0) is 37.4 Å². The van der Waals surface area contributed by atoms with Crippen molar-refractivity contribution in [1.29, 1.82) is 0 Å². The number of hydrogen-bond acceptors (Lipinski definition) is 6. The Labute approximate surface area is 222 Å². The third-order valence-corrected chi connectivity index (χ3v) is 5.96. The summed E-state index contributed by atoms with van der Waals surface area (Å²) < 4.78 is 56.6. The number of benzene rings is 3. The Morgan fingerprint density at radius 3 is 2.15 bits per heavy atom. The van der Waals surface area contributed by atoms with E-state index in [4.69, 9.17) is 14.2 Å². The summed E-state index contributed by atoms with van der Waals surface area (Å²) >= 11 is 0. The average Bonchev–Trinajstić information content (AvgIpc) is 3.18. The molecular weight excluding hydrogens is 515 g/mol. The molecule has 3 aromatic rings. The Morgan fingerprint density at radius 2 is 1.54 bits per heavy atom. The summed E-state index contributed by atoms with van der Waals surface area (Å²) in [7, 11) is 0. The SMILES string of the molecule is CC(C)(C)OC(=O)C1(C(NC(=O)OCc2ccccc2)c2ccc(C(F)(F)F)cc2)OC(=O)c2ccccc21. The van der Waals surface area contributed by atoms with Gasteiger partial charge in [-0.15, -0.1) is 0 Å². The molecule has 2 unspecified atom stereocenters. The van der Waals surface area contributed by atoms with Gasteiger partial charge >= 0.3 is 24.2 Å². The van der Waals surface area contributed by atoms with Crippen LogP contribution in [0.5, 0.6) is 0 Å². The lowest BCUT2D eigenvalue weighted by atomic mass is 9.81. The molecule has 0 saturated heterocycles. The molecule has 1 N–H and O–H groups in total. The zero-order valence-electron chi connectivity index (χ0n) is 21.4. The number of amides is 1. The van der Waals surface area contributed by atoms with Crippen molar-refractivity contribution in [3.8, 4) is 0 Å². The highest BCUT2D eigenvalue weighted by Gasteiger charge is 2.60. The minimum absolute atomic E-state index is 0.0509. The molecule has 39 heavy (non-hydrogen) atoms. The summed E-state index contributed by atoms with van der Waals surface area (Å²) in [5.41, 5.74) is -3.35. The lowest BCUT2D eigenvalue weighted by molar-refractivity contribution is -0.181. The number of halogens is 3. The van der Waals surface area contributed by atoms with E-state index in [2.05, 4.69) is 5.32 Å². The fraction of sp³-hybridized carbons (Fsp3) is 0.276. The second-order valence-electron chi connectivity index (χ2n) is 9.93. The molecular formula is C29H26F3NO6. The normalized spacial score (nSPS) is 17.5. The molecule has 0 radical (unpaired) electrons. The highest BCUT2D eigenvalue weighted by atomic mass is 19.4. The van der Waals surface area contributed by atoms with E-state index in [0.717, 1.165) is 24.3 Å². The van der Waals surface area contributed by atoms with Crippen molar-refractivity contribution in [3.63, 3.8) is 0 Å². The van der Waals surface area contributed by atoms with E-state index in [1.54, 1.807) is 63.2 Å². The summed E-state index contributed by atoms with van der Waals surface area (Å²) in [5.74, 6) is -1.87. The summed E-state index contributed by atoms with van der Waals surface area (Å²) in [6.07, 6.45) is -5.61. The Balaban J connectivity index is 1.81. The molecule has 0 saturated carbocycles. The minimum Gasteiger partial charge on any atom is -0.457 e. The molecule has 0 aliphatic carbocycles.